The van der Waals surface area contributed by atoms with Gasteiger partial charge in [-0.05, 0) is 23.1 Å². The molecule has 0 radical (unpaired) electrons. The third-order valence-corrected chi connectivity index (χ3v) is 9.40. The Morgan fingerprint density at radius 1 is 1.12 bits per heavy atom. The lowest BCUT2D eigenvalue weighted by Gasteiger charge is -2.36. The Morgan fingerprint density at radius 2 is 1.85 bits per heavy atom. The van der Waals surface area contributed by atoms with Crippen LogP contribution in [-0.4, -0.2) is 78.8 Å². The van der Waals surface area contributed by atoms with Gasteiger partial charge in [-0.15, -0.1) is 11.3 Å². The predicted molar refractivity (Wildman–Crippen MR) is 133 cm³/mol. The van der Waals surface area contributed by atoms with Crippen LogP contribution in [-0.2, 0) is 10.2 Å². The van der Waals surface area contributed by atoms with Gasteiger partial charge in [0.05, 0.1) is 0 Å². The zero-order valence-electron chi connectivity index (χ0n) is 19.0. The first-order valence-electron chi connectivity index (χ1n) is 11.3. The van der Waals surface area contributed by atoms with E-state index in [1.807, 2.05) is 38.2 Å². The lowest BCUT2D eigenvalue weighted by Crippen LogP contribution is -2.56. The van der Waals surface area contributed by atoms with Crippen LogP contribution in [0.3, 0.4) is 0 Å². The lowest BCUT2D eigenvalue weighted by molar-refractivity contribution is 0.169. The van der Waals surface area contributed by atoms with Gasteiger partial charge in [0.1, 0.15) is 0 Å². The molecule has 4 rings (SSSR count). The molecule has 1 saturated heterocycles. The summed E-state index contributed by atoms with van der Waals surface area (Å²) in [5, 5.41) is 6.30. The smallest absolute Gasteiger partial charge is 0.317 e. The summed E-state index contributed by atoms with van der Waals surface area (Å²) < 4.78 is 28.4. The number of carbonyl (C=O) groups excluding carboxylic acids is 1. The van der Waals surface area contributed by atoms with E-state index in [0.29, 0.717) is 45.8 Å². The molecule has 2 aromatic heterocycles. The first kappa shape index (κ1) is 23.7. The zero-order valence-corrected chi connectivity index (χ0v) is 20.7. The molecule has 0 spiro atoms. The number of hydrogen-bond acceptors (Lipinski definition) is 4. The van der Waals surface area contributed by atoms with E-state index in [4.69, 9.17) is 0 Å². The highest BCUT2D eigenvalue weighted by Crippen LogP contribution is 2.32. The lowest BCUT2D eigenvalue weighted by atomic mass is 9.97. The first-order valence-corrected chi connectivity index (χ1v) is 13.6. The number of carbonyl (C=O) groups is 1. The molecule has 1 fully saturated rings. The zero-order chi connectivity index (χ0) is 23.4. The molecule has 3 heterocycles. The van der Waals surface area contributed by atoms with Gasteiger partial charge in [-0.1, -0.05) is 38.1 Å². The average molecular weight is 490 g/mol. The Hall–Kier alpha value is -2.40. The topological polar surface area (TPSA) is 88.8 Å². The fraction of sp³-hybridized carbons (Fsp3) is 0.435. The van der Waals surface area contributed by atoms with Gasteiger partial charge < -0.3 is 15.2 Å². The van der Waals surface area contributed by atoms with Crippen LogP contribution in [0.5, 0.6) is 0 Å². The van der Waals surface area contributed by atoms with Crippen LogP contribution < -0.4 is 5.32 Å². The first-order chi connectivity index (χ1) is 16.0. The van der Waals surface area contributed by atoms with E-state index in [9.17, 15) is 13.2 Å². The van der Waals surface area contributed by atoms with E-state index in [0.717, 1.165) is 16.5 Å². The molecule has 2 amide bonds. The number of aromatic nitrogens is 1. The van der Waals surface area contributed by atoms with Crippen molar-refractivity contribution in [3.63, 3.8) is 0 Å². The summed E-state index contributed by atoms with van der Waals surface area (Å²) in [6.07, 6.45) is 2.03. The van der Waals surface area contributed by atoms with Crippen LogP contribution in [0.2, 0.25) is 0 Å². The summed E-state index contributed by atoms with van der Waals surface area (Å²) in [7, 11) is -3.47. The Labute approximate surface area is 199 Å². The maximum Gasteiger partial charge on any atom is 0.317 e. The predicted octanol–water partition coefficient (Wildman–Crippen LogP) is 3.28. The number of nitrogens with one attached hydrogen (secondary N) is 2. The van der Waals surface area contributed by atoms with Gasteiger partial charge in [0, 0.05) is 73.7 Å². The molecule has 1 aliphatic heterocycles. The molecule has 1 aliphatic rings. The van der Waals surface area contributed by atoms with Gasteiger partial charge >= 0.3 is 6.03 Å². The molecule has 1 unspecified atom stereocenters. The van der Waals surface area contributed by atoms with E-state index in [2.05, 4.69) is 33.9 Å². The van der Waals surface area contributed by atoms with Gasteiger partial charge in [0.2, 0.25) is 0 Å². The van der Waals surface area contributed by atoms with E-state index in [-0.39, 0.29) is 11.9 Å². The number of piperazine rings is 1. The molecule has 178 valence electrons. The van der Waals surface area contributed by atoms with Gasteiger partial charge in [-0.25, -0.2) is 4.79 Å². The van der Waals surface area contributed by atoms with Crippen LogP contribution in [0.15, 0.2) is 48.0 Å². The summed E-state index contributed by atoms with van der Waals surface area (Å²) >= 11 is 1.68. The molecular formula is C23H31N5O3S2. The van der Waals surface area contributed by atoms with Crippen LogP contribution in [0, 0.1) is 0 Å². The van der Waals surface area contributed by atoms with E-state index >= 15 is 0 Å². The Bertz CT molecular complexity index is 1160. The molecule has 0 bridgehead atoms. The fourth-order valence-electron chi connectivity index (χ4n) is 4.37. The van der Waals surface area contributed by atoms with Crippen LogP contribution in [0.25, 0.3) is 10.9 Å². The summed E-state index contributed by atoms with van der Waals surface area (Å²) in [4.78, 5) is 19.2. The average Bonchev–Trinajstić information content (AvgIpc) is 3.51. The minimum atomic E-state index is -3.47. The van der Waals surface area contributed by atoms with Crippen molar-refractivity contribution in [2.75, 3.05) is 45.8 Å². The molecule has 10 heteroatoms. The van der Waals surface area contributed by atoms with Crippen molar-refractivity contribution >= 4 is 38.5 Å². The number of nitrogens with zero attached hydrogens (tertiary/aromatic N) is 3. The van der Waals surface area contributed by atoms with Crippen molar-refractivity contribution in [2.24, 2.45) is 0 Å². The Kier molecular flexibility index (Phi) is 7.38. The number of amides is 2. The van der Waals surface area contributed by atoms with E-state index in [1.165, 1.54) is 13.5 Å². The van der Waals surface area contributed by atoms with E-state index in [1.54, 1.807) is 16.2 Å². The molecule has 0 saturated carbocycles. The highest BCUT2D eigenvalue weighted by Gasteiger charge is 2.32. The Balaban J connectivity index is 1.41. The number of para-hydroxylation sites is 1. The minimum absolute atomic E-state index is 0.0365. The van der Waals surface area contributed by atoms with Crippen molar-refractivity contribution in [3.05, 3.63) is 58.4 Å². The Morgan fingerprint density at radius 3 is 2.52 bits per heavy atom. The van der Waals surface area contributed by atoms with Crippen molar-refractivity contribution in [2.45, 2.75) is 19.8 Å². The van der Waals surface area contributed by atoms with Crippen LogP contribution in [0.1, 0.15) is 30.2 Å². The molecular weight excluding hydrogens is 458 g/mol. The quantitative estimate of drug-likeness (QED) is 0.509. The number of thiophene rings is 1. The standard InChI is InChI=1S/C23H31N5O3S2/c1-3-27(4-2)33(30,31)28-13-11-26(12-14-28)23(29)25-17-20(22-10-7-15-32-22)19-16-24-21-9-6-5-8-18(19)21/h5-10,15-16,20,24H,3-4,11-14,17H2,1-2H3,(H,25,29). The highest BCUT2D eigenvalue weighted by molar-refractivity contribution is 7.86. The van der Waals surface area contributed by atoms with Crippen molar-refractivity contribution in [1.82, 2.24) is 23.8 Å². The monoisotopic (exact) mass is 489 g/mol. The minimum Gasteiger partial charge on any atom is -0.361 e. The fourth-order valence-corrected chi connectivity index (χ4v) is 6.82. The molecule has 2 N–H and O–H groups in total. The highest BCUT2D eigenvalue weighted by atomic mass is 32.2. The van der Waals surface area contributed by atoms with Gasteiger partial charge in [-0.3, -0.25) is 0 Å². The molecule has 0 aliphatic carbocycles. The second-order valence-corrected chi connectivity index (χ2v) is 10.9. The number of rotatable bonds is 8. The summed E-state index contributed by atoms with van der Waals surface area (Å²) in [5.74, 6) is 0.0365. The molecule has 33 heavy (non-hydrogen) atoms. The number of fused-ring (bicyclic) bond motifs is 1. The number of urea groups is 1. The second-order valence-electron chi connectivity index (χ2n) is 8.02. The third kappa shape index (κ3) is 4.93. The van der Waals surface area contributed by atoms with Crippen LogP contribution >= 0.6 is 11.3 Å². The van der Waals surface area contributed by atoms with Crippen molar-refractivity contribution in [3.8, 4) is 0 Å². The summed E-state index contributed by atoms with van der Waals surface area (Å²) in [5.41, 5.74) is 2.23. The number of aromatic amines is 1. The number of H-pyrrole nitrogens is 1. The molecule has 3 aromatic rings. The summed E-state index contributed by atoms with van der Waals surface area (Å²) in [6, 6.07) is 12.1. The maximum atomic E-state index is 12.9. The molecule has 1 atom stereocenters. The molecule has 8 nitrogen and oxygen atoms in total. The number of benzene rings is 1. The van der Waals surface area contributed by atoms with E-state index < -0.39 is 10.2 Å². The second kappa shape index (κ2) is 10.3. The maximum absolute atomic E-state index is 12.9. The molecule has 1 aromatic carbocycles. The normalized spacial score (nSPS) is 16.4. The van der Waals surface area contributed by atoms with Gasteiger partial charge in [0.25, 0.3) is 10.2 Å². The van der Waals surface area contributed by atoms with Crippen molar-refractivity contribution in [1.29, 1.82) is 0 Å². The third-order valence-electron chi connectivity index (χ3n) is 6.22. The van der Waals surface area contributed by atoms with Crippen molar-refractivity contribution < 1.29 is 13.2 Å². The SMILES string of the molecule is CCN(CC)S(=O)(=O)N1CCN(C(=O)NCC(c2cccs2)c2c[nH]c3ccccc23)CC1. The number of hydrogen-bond donors (Lipinski definition) is 2. The van der Waals surface area contributed by atoms with Crippen LogP contribution in [0.4, 0.5) is 4.79 Å². The van der Waals surface area contributed by atoms with Gasteiger partial charge in [-0.2, -0.15) is 17.0 Å². The largest absolute Gasteiger partial charge is 0.361 e. The van der Waals surface area contributed by atoms with Gasteiger partial charge in [0.15, 0.2) is 0 Å². The summed E-state index contributed by atoms with van der Waals surface area (Å²) in [6.45, 7) is 6.40.